The van der Waals surface area contributed by atoms with Crippen molar-refractivity contribution in [3.05, 3.63) is 174 Å². The van der Waals surface area contributed by atoms with E-state index in [-0.39, 0.29) is 0 Å². The Bertz CT molecular complexity index is 2730. The van der Waals surface area contributed by atoms with Gasteiger partial charge in [0.25, 0.3) is 0 Å². The third kappa shape index (κ3) is 4.90. The summed E-state index contributed by atoms with van der Waals surface area (Å²) in [5, 5.41) is 14.3. The number of para-hydroxylation sites is 2. The Morgan fingerprint density at radius 3 is 1.51 bits per heavy atom. The molecule has 3 aromatic heterocycles. The zero-order chi connectivity index (χ0) is 34.6. The normalized spacial score (nSPS) is 11.3. The summed E-state index contributed by atoms with van der Waals surface area (Å²) in [6, 6.07) is 51.9. The number of benzene rings is 6. The van der Waals surface area contributed by atoms with Gasteiger partial charge in [0.15, 0.2) is 5.69 Å². The van der Waals surface area contributed by atoms with Crippen molar-refractivity contribution in [1.29, 1.82) is 5.26 Å². The standard InChI is InChI=1S/C45H30N6/c1-29-12-22-42-38(24-29)39-25-30(2)13-23-43(39)51(42)45-27-35(49(33-18-14-31(28-46)15-19-33)34-20-16-32(47-3)17-21-34)26-44(48-45)50-40-10-6-4-8-36(40)37-9-5-7-11-41(37)50/h4-27H,1-2H3. The first-order chi connectivity index (χ1) is 25.0. The second kappa shape index (κ2) is 11.8. The Kier molecular flexibility index (Phi) is 6.91. The highest BCUT2D eigenvalue weighted by Crippen LogP contribution is 2.41. The number of aromatic nitrogens is 3. The summed E-state index contributed by atoms with van der Waals surface area (Å²) in [5.41, 5.74) is 10.5. The molecule has 3 heterocycles. The SMILES string of the molecule is [C-]#[N+]c1ccc(N(c2ccc(C#N)cc2)c2cc(-n3c4ccccc4c4ccccc43)nc(-n3c4ccc(C)cc4c4cc(C)ccc43)c2)cc1. The van der Waals surface area contributed by atoms with Crippen LogP contribution in [0.25, 0.3) is 60.1 Å². The molecule has 0 radical (unpaired) electrons. The van der Waals surface area contributed by atoms with Crippen molar-refractivity contribution in [2.45, 2.75) is 13.8 Å². The van der Waals surface area contributed by atoms with Crippen LogP contribution in [-0.2, 0) is 0 Å². The van der Waals surface area contributed by atoms with Crippen LogP contribution in [0, 0.1) is 31.8 Å². The van der Waals surface area contributed by atoms with Crippen molar-refractivity contribution in [3.8, 4) is 17.7 Å². The zero-order valence-corrected chi connectivity index (χ0v) is 28.0. The molecule has 0 amide bonds. The van der Waals surface area contributed by atoms with E-state index in [1.54, 1.807) is 0 Å². The molecule has 0 atom stereocenters. The van der Waals surface area contributed by atoms with Crippen LogP contribution in [0.4, 0.5) is 22.7 Å². The van der Waals surface area contributed by atoms with Crippen LogP contribution in [0.3, 0.4) is 0 Å². The summed E-state index contributed by atoms with van der Waals surface area (Å²) in [6.07, 6.45) is 0. The molecule has 9 aromatic rings. The fraction of sp³-hybridized carbons (Fsp3) is 0.0444. The number of pyridine rings is 1. The minimum absolute atomic E-state index is 0.566. The molecule has 0 fully saturated rings. The average Bonchev–Trinajstić information content (AvgIpc) is 3.67. The molecule has 0 saturated carbocycles. The molecule has 51 heavy (non-hydrogen) atoms. The number of aryl methyl sites for hydroxylation is 2. The van der Waals surface area contributed by atoms with Gasteiger partial charge in [-0.05, 0) is 86.6 Å². The topological polar surface area (TPSA) is 54.1 Å². The fourth-order valence-corrected chi connectivity index (χ4v) is 7.32. The van der Waals surface area contributed by atoms with Gasteiger partial charge in [-0.15, -0.1) is 0 Å². The van der Waals surface area contributed by atoms with Gasteiger partial charge in [-0.1, -0.05) is 71.8 Å². The molecule has 6 nitrogen and oxygen atoms in total. The summed E-state index contributed by atoms with van der Waals surface area (Å²) in [5.74, 6) is 1.54. The molecule has 0 unspecified atom stereocenters. The molecule has 9 rings (SSSR count). The van der Waals surface area contributed by atoms with Crippen LogP contribution in [0.5, 0.6) is 0 Å². The Hall–Kier alpha value is -7.15. The van der Waals surface area contributed by atoms with Crippen LogP contribution in [0.2, 0.25) is 0 Å². The number of hydrogen-bond donors (Lipinski definition) is 0. The number of hydrogen-bond acceptors (Lipinski definition) is 3. The van der Waals surface area contributed by atoms with E-state index in [0.29, 0.717) is 11.3 Å². The summed E-state index contributed by atoms with van der Waals surface area (Å²) in [6.45, 7) is 11.8. The van der Waals surface area contributed by atoms with Gasteiger partial charge in [-0.2, -0.15) is 5.26 Å². The predicted octanol–water partition coefficient (Wildman–Crippen LogP) is 11.8. The van der Waals surface area contributed by atoms with E-state index in [0.717, 1.165) is 61.5 Å². The maximum absolute atomic E-state index is 9.62. The van der Waals surface area contributed by atoms with Crippen LogP contribution in [0.1, 0.15) is 16.7 Å². The Labute approximate surface area is 295 Å². The molecule has 0 aliphatic rings. The summed E-state index contributed by atoms with van der Waals surface area (Å²) in [7, 11) is 0. The van der Waals surface area contributed by atoms with Crippen LogP contribution in [0.15, 0.2) is 146 Å². The molecule has 0 saturated heterocycles. The lowest BCUT2D eigenvalue weighted by Gasteiger charge is -2.27. The molecule has 0 aliphatic carbocycles. The van der Waals surface area contributed by atoms with Gasteiger partial charge in [0.05, 0.1) is 46.0 Å². The van der Waals surface area contributed by atoms with Gasteiger partial charge in [-0.3, -0.25) is 9.13 Å². The quantitative estimate of drug-likeness (QED) is 0.174. The van der Waals surface area contributed by atoms with Crippen molar-refractivity contribution < 1.29 is 0 Å². The Morgan fingerprint density at radius 1 is 0.549 bits per heavy atom. The lowest BCUT2D eigenvalue weighted by molar-refractivity contribution is 1.01. The smallest absolute Gasteiger partial charge is 0.187 e. The highest BCUT2D eigenvalue weighted by atomic mass is 15.2. The zero-order valence-electron chi connectivity index (χ0n) is 28.0. The number of anilines is 3. The van der Waals surface area contributed by atoms with Crippen molar-refractivity contribution in [1.82, 2.24) is 14.1 Å². The Morgan fingerprint density at radius 2 is 1.02 bits per heavy atom. The predicted molar refractivity (Wildman–Crippen MR) is 208 cm³/mol. The fourth-order valence-electron chi connectivity index (χ4n) is 7.32. The third-order valence-electron chi connectivity index (χ3n) is 9.65. The maximum atomic E-state index is 9.62. The monoisotopic (exact) mass is 654 g/mol. The van der Waals surface area contributed by atoms with Crippen molar-refractivity contribution in [2.75, 3.05) is 4.90 Å². The minimum atomic E-state index is 0.566. The van der Waals surface area contributed by atoms with E-state index < -0.39 is 0 Å². The van der Waals surface area contributed by atoms with Gasteiger partial charge in [0.1, 0.15) is 11.6 Å². The summed E-state index contributed by atoms with van der Waals surface area (Å²) in [4.78, 5) is 11.3. The second-order valence-corrected chi connectivity index (χ2v) is 12.9. The molecule has 0 spiro atoms. The van der Waals surface area contributed by atoms with Crippen LogP contribution < -0.4 is 4.90 Å². The first-order valence-corrected chi connectivity index (χ1v) is 16.8. The highest BCUT2D eigenvalue weighted by molar-refractivity contribution is 6.10. The third-order valence-corrected chi connectivity index (χ3v) is 9.65. The molecule has 6 aromatic carbocycles. The highest BCUT2D eigenvalue weighted by Gasteiger charge is 2.21. The van der Waals surface area contributed by atoms with Crippen molar-refractivity contribution >= 4 is 66.4 Å². The molecular formula is C45H30N6. The first kappa shape index (κ1) is 29.9. The molecule has 0 N–H and O–H groups in total. The van der Waals surface area contributed by atoms with Gasteiger partial charge in [-0.25, -0.2) is 9.83 Å². The van der Waals surface area contributed by atoms with E-state index in [2.05, 4.69) is 136 Å². The molecular weight excluding hydrogens is 625 g/mol. The van der Waals surface area contributed by atoms with Crippen molar-refractivity contribution in [3.63, 3.8) is 0 Å². The van der Waals surface area contributed by atoms with Gasteiger partial charge >= 0.3 is 0 Å². The molecule has 240 valence electrons. The molecule has 0 bridgehead atoms. The minimum Gasteiger partial charge on any atom is -0.310 e. The molecule has 0 aliphatic heterocycles. The maximum Gasteiger partial charge on any atom is 0.187 e. The molecule has 6 heteroatoms. The van der Waals surface area contributed by atoms with E-state index in [4.69, 9.17) is 11.6 Å². The van der Waals surface area contributed by atoms with E-state index >= 15 is 0 Å². The van der Waals surface area contributed by atoms with Crippen molar-refractivity contribution in [2.24, 2.45) is 0 Å². The number of nitrogens with zero attached hydrogens (tertiary/aromatic N) is 6. The number of rotatable bonds is 5. The van der Waals surface area contributed by atoms with Gasteiger partial charge < -0.3 is 4.90 Å². The lowest BCUT2D eigenvalue weighted by Crippen LogP contribution is -2.13. The first-order valence-electron chi connectivity index (χ1n) is 16.8. The summed E-state index contributed by atoms with van der Waals surface area (Å²) < 4.78 is 4.52. The van der Waals surface area contributed by atoms with Crippen LogP contribution >= 0.6 is 0 Å². The Balaban J connectivity index is 1.40. The largest absolute Gasteiger partial charge is 0.310 e. The van der Waals surface area contributed by atoms with E-state index in [1.807, 2.05) is 48.5 Å². The summed E-state index contributed by atoms with van der Waals surface area (Å²) >= 11 is 0. The van der Waals surface area contributed by atoms with E-state index in [1.165, 1.54) is 21.9 Å². The lowest BCUT2D eigenvalue weighted by atomic mass is 10.1. The van der Waals surface area contributed by atoms with Crippen LogP contribution in [-0.4, -0.2) is 14.1 Å². The number of fused-ring (bicyclic) bond motifs is 6. The van der Waals surface area contributed by atoms with Gasteiger partial charge in [0, 0.05) is 45.1 Å². The van der Waals surface area contributed by atoms with Gasteiger partial charge in [0.2, 0.25) is 0 Å². The average molecular weight is 655 g/mol. The number of nitriles is 1. The second-order valence-electron chi connectivity index (χ2n) is 12.9. The van der Waals surface area contributed by atoms with E-state index in [9.17, 15) is 5.26 Å².